The zero-order valence-corrected chi connectivity index (χ0v) is 14.7. The van der Waals surface area contributed by atoms with Crippen molar-refractivity contribution in [2.75, 3.05) is 6.61 Å². The molecule has 5 heteroatoms. The standard InChI is InChI=1S/C21H20N2O3/c1-15-12-13-19(26-15)16(2)22-23-21(24)14-25-20-11-7-6-10-18(20)17-8-4-3-5-9-17/h3-13H,14H2,1-2H3,(H,23,24)/b22-16-. The Balaban J connectivity index is 1.62. The van der Waals surface area contributed by atoms with E-state index in [2.05, 4.69) is 10.5 Å². The number of carbonyl (C=O) groups is 1. The molecule has 0 aliphatic carbocycles. The first kappa shape index (κ1) is 17.5. The summed E-state index contributed by atoms with van der Waals surface area (Å²) in [7, 11) is 0. The normalized spacial score (nSPS) is 11.2. The summed E-state index contributed by atoms with van der Waals surface area (Å²) in [6, 6.07) is 21.2. The lowest BCUT2D eigenvalue weighted by Crippen LogP contribution is -2.25. The number of hydrogen-bond acceptors (Lipinski definition) is 4. The summed E-state index contributed by atoms with van der Waals surface area (Å²) in [5.41, 5.74) is 5.05. The second-order valence-electron chi connectivity index (χ2n) is 5.79. The average molecular weight is 348 g/mol. The Morgan fingerprint density at radius 2 is 1.77 bits per heavy atom. The molecule has 0 fully saturated rings. The molecule has 0 saturated carbocycles. The molecule has 1 amide bonds. The lowest BCUT2D eigenvalue weighted by Gasteiger charge is -2.11. The second kappa shape index (κ2) is 8.16. The second-order valence-corrected chi connectivity index (χ2v) is 5.79. The molecule has 26 heavy (non-hydrogen) atoms. The van der Waals surface area contributed by atoms with Gasteiger partial charge < -0.3 is 9.15 Å². The maximum atomic E-state index is 12.0. The molecule has 0 aliphatic heterocycles. The van der Waals surface area contributed by atoms with Gasteiger partial charge in [0.25, 0.3) is 5.91 Å². The van der Waals surface area contributed by atoms with Gasteiger partial charge in [-0.15, -0.1) is 0 Å². The molecule has 0 bridgehead atoms. The lowest BCUT2D eigenvalue weighted by atomic mass is 10.1. The topological polar surface area (TPSA) is 63.8 Å². The molecular formula is C21H20N2O3. The highest BCUT2D eigenvalue weighted by Crippen LogP contribution is 2.29. The van der Waals surface area contributed by atoms with Crippen molar-refractivity contribution in [3.05, 3.63) is 78.3 Å². The predicted molar refractivity (Wildman–Crippen MR) is 101 cm³/mol. The molecule has 132 valence electrons. The largest absolute Gasteiger partial charge is 0.483 e. The maximum Gasteiger partial charge on any atom is 0.277 e. The molecule has 1 N–H and O–H groups in total. The molecule has 0 atom stereocenters. The van der Waals surface area contributed by atoms with Crippen molar-refractivity contribution >= 4 is 11.6 Å². The zero-order chi connectivity index (χ0) is 18.4. The number of furan rings is 1. The molecule has 0 aliphatic rings. The van der Waals surface area contributed by atoms with Gasteiger partial charge in [-0.2, -0.15) is 5.10 Å². The summed E-state index contributed by atoms with van der Waals surface area (Å²) >= 11 is 0. The number of para-hydroxylation sites is 1. The first-order valence-electron chi connectivity index (χ1n) is 8.30. The van der Waals surface area contributed by atoms with Crippen LogP contribution in [0.4, 0.5) is 0 Å². The number of nitrogens with zero attached hydrogens (tertiary/aromatic N) is 1. The number of rotatable bonds is 6. The third kappa shape index (κ3) is 4.39. The molecule has 0 saturated heterocycles. The fourth-order valence-electron chi connectivity index (χ4n) is 2.45. The summed E-state index contributed by atoms with van der Waals surface area (Å²) in [5.74, 6) is 1.73. The maximum absolute atomic E-state index is 12.0. The van der Waals surface area contributed by atoms with Gasteiger partial charge in [-0.3, -0.25) is 4.79 Å². The fourth-order valence-corrected chi connectivity index (χ4v) is 2.45. The minimum Gasteiger partial charge on any atom is -0.483 e. The smallest absolute Gasteiger partial charge is 0.277 e. The lowest BCUT2D eigenvalue weighted by molar-refractivity contribution is -0.123. The number of carbonyl (C=O) groups excluding carboxylic acids is 1. The SMILES string of the molecule is C/C(=N/NC(=O)COc1ccccc1-c1ccccc1)c1ccc(C)o1. The van der Waals surface area contributed by atoms with Gasteiger partial charge >= 0.3 is 0 Å². The van der Waals surface area contributed by atoms with Crippen LogP contribution in [0.25, 0.3) is 11.1 Å². The van der Waals surface area contributed by atoms with Crippen molar-refractivity contribution in [3.8, 4) is 16.9 Å². The van der Waals surface area contributed by atoms with E-state index in [1.54, 1.807) is 6.92 Å². The van der Waals surface area contributed by atoms with Crippen LogP contribution in [0.5, 0.6) is 5.75 Å². The van der Waals surface area contributed by atoms with Crippen LogP contribution in [-0.4, -0.2) is 18.2 Å². The van der Waals surface area contributed by atoms with Crippen molar-refractivity contribution in [2.45, 2.75) is 13.8 Å². The van der Waals surface area contributed by atoms with Crippen LogP contribution >= 0.6 is 0 Å². The number of ether oxygens (including phenoxy) is 1. The van der Waals surface area contributed by atoms with Crippen molar-refractivity contribution < 1.29 is 13.9 Å². The average Bonchev–Trinajstić information content (AvgIpc) is 3.12. The molecule has 1 aromatic heterocycles. The number of aryl methyl sites for hydroxylation is 1. The van der Waals surface area contributed by atoms with Crippen molar-refractivity contribution in [1.82, 2.24) is 5.43 Å². The van der Waals surface area contributed by atoms with Gasteiger partial charge in [-0.25, -0.2) is 5.43 Å². The van der Waals surface area contributed by atoms with Crippen LogP contribution in [0.15, 0.2) is 76.2 Å². The molecule has 0 radical (unpaired) electrons. The fraction of sp³-hybridized carbons (Fsp3) is 0.143. The van der Waals surface area contributed by atoms with Gasteiger partial charge in [0.15, 0.2) is 6.61 Å². The molecule has 5 nitrogen and oxygen atoms in total. The van der Waals surface area contributed by atoms with Crippen LogP contribution in [0, 0.1) is 6.92 Å². The Labute approximate surface area is 152 Å². The monoisotopic (exact) mass is 348 g/mol. The van der Waals surface area contributed by atoms with E-state index in [1.165, 1.54) is 0 Å². The van der Waals surface area contributed by atoms with E-state index < -0.39 is 0 Å². The highest BCUT2D eigenvalue weighted by atomic mass is 16.5. The van der Waals surface area contributed by atoms with Crippen LogP contribution in [-0.2, 0) is 4.79 Å². The van der Waals surface area contributed by atoms with E-state index in [-0.39, 0.29) is 12.5 Å². The summed E-state index contributed by atoms with van der Waals surface area (Å²) < 4.78 is 11.1. The quantitative estimate of drug-likeness (QED) is 0.537. The molecule has 3 aromatic rings. The van der Waals surface area contributed by atoms with E-state index in [0.717, 1.165) is 16.9 Å². The molecule has 0 spiro atoms. The van der Waals surface area contributed by atoms with Gasteiger partial charge in [-0.1, -0.05) is 48.5 Å². The minimum atomic E-state index is -0.338. The van der Waals surface area contributed by atoms with Crippen LogP contribution in [0.1, 0.15) is 18.4 Å². The van der Waals surface area contributed by atoms with E-state index in [1.807, 2.05) is 73.7 Å². The summed E-state index contributed by atoms with van der Waals surface area (Å²) in [5, 5.41) is 4.04. The Morgan fingerprint density at radius 1 is 1.04 bits per heavy atom. The van der Waals surface area contributed by atoms with E-state index in [0.29, 0.717) is 17.2 Å². The first-order chi connectivity index (χ1) is 12.6. The summed E-state index contributed by atoms with van der Waals surface area (Å²) in [6.45, 7) is 3.50. The predicted octanol–water partition coefficient (Wildman–Crippen LogP) is 4.17. The Hall–Kier alpha value is -3.34. The zero-order valence-electron chi connectivity index (χ0n) is 14.7. The van der Waals surface area contributed by atoms with Crippen LogP contribution in [0.2, 0.25) is 0 Å². The number of benzene rings is 2. The Kier molecular flexibility index (Phi) is 5.49. The van der Waals surface area contributed by atoms with Gasteiger partial charge in [0.2, 0.25) is 0 Å². The third-order valence-corrected chi connectivity index (χ3v) is 3.78. The summed E-state index contributed by atoms with van der Waals surface area (Å²) in [6.07, 6.45) is 0. The van der Waals surface area contributed by atoms with Crippen LogP contribution < -0.4 is 10.2 Å². The van der Waals surface area contributed by atoms with Gasteiger partial charge in [0.1, 0.15) is 23.0 Å². The highest BCUT2D eigenvalue weighted by Gasteiger charge is 2.08. The van der Waals surface area contributed by atoms with Crippen molar-refractivity contribution in [2.24, 2.45) is 5.10 Å². The molecule has 0 unspecified atom stereocenters. The molecular weight excluding hydrogens is 328 g/mol. The molecule has 2 aromatic carbocycles. The number of nitrogens with one attached hydrogen (secondary N) is 1. The van der Waals surface area contributed by atoms with E-state index in [4.69, 9.17) is 9.15 Å². The Bertz CT molecular complexity index is 914. The number of amides is 1. The van der Waals surface area contributed by atoms with Gasteiger partial charge in [0, 0.05) is 5.56 Å². The van der Waals surface area contributed by atoms with Crippen molar-refractivity contribution in [3.63, 3.8) is 0 Å². The van der Waals surface area contributed by atoms with E-state index >= 15 is 0 Å². The minimum absolute atomic E-state index is 0.127. The summed E-state index contributed by atoms with van der Waals surface area (Å²) in [4.78, 5) is 12.0. The molecule has 3 rings (SSSR count). The third-order valence-electron chi connectivity index (χ3n) is 3.78. The van der Waals surface area contributed by atoms with E-state index in [9.17, 15) is 4.79 Å². The number of hydrogen-bond donors (Lipinski definition) is 1. The number of hydrazone groups is 1. The van der Waals surface area contributed by atoms with Gasteiger partial charge in [-0.05, 0) is 37.6 Å². The van der Waals surface area contributed by atoms with Crippen molar-refractivity contribution in [1.29, 1.82) is 0 Å². The van der Waals surface area contributed by atoms with Gasteiger partial charge in [0.05, 0.1) is 0 Å². The first-order valence-corrected chi connectivity index (χ1v) is 8.30. The molecule has 1 heterocycles. The Morgan fingerprint density at radius 3 is 2.50 bits per heavy atom. The highest BCUT2D eigenvalue weighted by molar-refractivity contribution is 5.96. The van der Waals surface area contributed by atoms with Crippen LogP contribution in [0.3, 0.4) is 0 Å².